The van der Waals surface area contributed by atoms with Gasteiger partial charge in [0.05, 0.1) is 22.7 Å². The molecule has 0 aliphatic carbocycles. The highest BCUT2D eigenvalue weighted by atomic mass is 35.5. The largest absolute Gasteiger partial charge is 0.505 e. The van der Waals surface area contributed by atoms with Crippen molar-refractivity contribution in [3.05, 3.63) is 68.0 Å². The molecule has 194 valence electrons. The molecule has 3 heterocycles. The summed E-state index contributed by atoms with van der Waals surface area (Å²) in [5.41, 5.74) is -0.702. The van der Waals surface area contributed by atoms with Gasteiger partial charge in [-0.2, -0.15) is 5.26 Å². The van der Waals surface area contributed by atoms with Gasteiger partial charge in [-0.1, -0.05) is 17.7 Å². The molecule has 12 heteroatoms. The monoisotopic (exact) mass is 529 g/mol. The topological polar surface area (TPSA) is 153 Å². The average molecular weight is 530 g/mol. The molecule has 10 nitrogen and oxygen atoms in total. The Bertz CT molecular complexity index is 1510. The van der Waals surface area contributed by atoms with Crippen LogP contribution in [0.25, 0.3) is 17.2 Å². The fourth-order valence-electron chi connectivity index (χ4n) is 3.89. The number of aliphatic hydroxyl groups excluding tert-OH is 2. The van der Waals surface area contributed by atoms with Crippen LogP contribution in [0.2, 0.25) is 5.02 Å². The third-order valence-electron chi connectivity index (χ3n) is 5.96. The van der Waals surface area contributed by atoms with E-state index < -0.39 is 35.0 Å². The maximum Gasteiger partial charge on any atom is 0.266 e. The molecule has 0 radical (unpaired) electrons. The number of hydrogen-bond acceptors (Lipinski definition) is 9. The lowest BCUT2D eigenvalue weighted by Gasteiger charge is -2.27. The Labute approximate surface area is 216 Å². The van der Waals surface area contributed by atoms with Crippen LogP contribution in [0.15, 0.2) is 34.9 Å². The van der Waals surface area contributed by atoms with Crippen LogP contribution in [0.3, 0.4) is 0 Å². The van der Waals surface area contributed by atoms with Gasteiger partial charge in [0, 0.05) is 24.7 Å². The molecule has 0 fully saturated rings. The molecule has 2 atom stereocenters. The number of pyridine rings is 2. The minimum Gasteiger partial charge on any atom is -0.505 e. The first kappa shape index (κ1) is 26.5. The zero-order valence-corrected chi connectivity index (χ0v) is 21.0. The summed E-state index contributed by atoms with van der Waals surface area (Å²) in [6.07, 6.45) is -0.0747. The number of benzene rings is 1. The Kier molecular flexibility index (Phi) is 7.23. The molecule has 0 bridgehead atoms. The fourth-order valence-corrected chi connectivity index (χ4v) is 4.10. The van der Waals surface area contributed by atoms with E-state index in [2.05, 4.69) is 21.7 Å². The van der Waals surface area contributed by atoms with Crippen LogP contribution >= 0.6 is 11.6 Å². The molecule has 3 aromatic rings. The summed E-state index contributed by atoms with van der Waals surface area (Å²) in [4.78, 5) is 17.7. The lowest BCUT2D eigenvalue weighted by molar-refractivity contribution is 0.121. The molecule has 1 aromatic carbocycles. The van der Waals surface area contributed by atoms with Gasteiger partial charge in [-0.15, -0.1) is 0 Å². The van der Waals surface area contributed by atoms with Crippen molar-refractivity contribution >= 4 is 28.8 Å². The summed E-state index contributed by atoms with van der Waals surface area (Å²) in [6, 6.07) is 6.33. The number of aromatic nitrogens is 2. The summed E-state index contributed by atoms with van der Waals surface area (Å²) in [6.45, 7) is 3.49. The van der Waals surface area contributed by atoms with Gasteiger partial charge >= 0.3 is 0 Å². The van der Waals surface area contributed by atoms with Crippen molar-refractivity contribution in [2.75, 3.05) is 13.6 Å². The summed E-state index contributed by atoms with van der Waals surface area (Å²) < 4.78 is 20.8. The lowest BCUT2D eigenvalue weighted by Crippen LogP contribution is -2.40. The van der Waals surface area contributed by atoms with Crippen molar-refractivity contribution in [2.24, 2.45) is 5.41 Å². The number of nitrogens with zero attached hydrogens (tertiary/aromatic N) is 3. The molecule has 5 N–H and O–H groups in total. The number of aromatic hydroxyl groups is 1. The highest BCUT2D eigenvalue weighted by Crippen LogP contribution is 2.39. The standard InChI is InChI=1S/C25H25ClFN5O5/c1-25(2,10-28)11-31-22(34)16-9-32-19-18(20(33)17(24(32)36)23(35)29-3)30-8-13(21(19)37-16)6-12-4-5-15(27)14(26)7-12/h4-5,7-9,22-23,29,31,33-35H,6,11H2,1-3H3. The smallest absolute Gasteiger partial charge is 0.266 e. The average Bonchev–Trinajstić information content (AvgIpc) is 2.88. The van der Waals surface area contributed by atoms with E-state index in [-0.39, 0.29) is 46.1 Å². The number of hydrogen-bond donors (Lipinski definition) is 5. The molecule has 0 spiro atoms. The van der Waals surface area contributed by atoms with Gasteiger partial charge in [-0.3, -0.25) is 25.0 Å². The molecular weight excluding hydrogens is 505 g/mol. The molecule has 37 heavy (non-hydrogen) atoms. The van der Waals surface area contributed by atoms with E-state index in [1.807, 2.05) is 0 Å². The summed E-state index contributed by atoms with van der Waals surface area (Å²) >= 11 is 5.93. The van der Waals surface area contributed by atoms with Crippen LogP contribution in [0.5, 0.6) is 11.5 Å². The van der Waals surface area contributed by atoms with E-state index in [0.717, 1.165) is 4.57 Å². The van der Waals surface area contributed by atoms with E-state index in [0.29, 0.717) is 11.1 Å². The second-order valence-corrected chi connectivity index (χ2v) is 9.68. The number of rotatable bonds is 8. The second-order valence-electron chi connectivity index (χ2n) is 9.28. The van der Waals surface area contributed by atoms with Gasteiger partial charge in [-0.05, 0) is 38.6 Å². The van der Waals surface area contributed by atoms with Crippen LogP contribution in [0.4, 0.5) is 4.39 Å². The first-order chi connectivity index (χ1) is 17.5. The van der Waals surface area contributed by atoms with Crippen LogP contribution in [-0.4, -0.2) is 44.7 Å². The van der Waals surface area contributed by atoms with Gasteiger partial charge in [0.1, 0.15) is 28.6 Å². The normalized spacial score (nSPS) is 14.6. The Balaban J connectivity index is 1.88. The van der Waals surface area contributed by atoms with Crippen LogP contribution in [0.1, 0.15) is 36.8 Å². The first-order valence-electron chi connectivity index (χ1n) is 11.3. The third-order valence-corrected chi connectivity index (χ3v) is 6.25. The number of ether oxygens (including phenoxy) is 1. The van der Waals surface area contributed by atoms with Crippen molar-refractivity contribution < 1.29 is 24.4 Å². The maximum absolute atomic E-state index is 13.7. The van der Waals surface area contributed by atoms with Gasteiger partial charge in [-0.25, -0.2) is 4.39 Å². The Morgan fingerprint density at radius 2 is 2.05 bits per heavy atom. The van der Waals surface area contributed by atoms with Crippen molar-refractivity contribution in [2.45, 2.75) is 32.7 Å². The van der Waals surface area contributed by atoms with E-state index in [1.54, 1.807) is 13.8 Å². The number of nitrogens with one attached hydrogen (secondary N) is 2. The summed E-state index contributed by atoms with van der Waals surface area (Å²) in [5.74, 6) is -1.04. The number of nitriles is 1. The zero-order chi connectivity index (χ0) is 27.1. The molecule has 0 saturated heterocycles. The minimum absolute atomic E-state index is 0.0110. The predicted molar refractivity (Wildman–Crippen MR) is 134 cm³/mol. The second kappa shape index (κ2) is 10.1. The van der Waals surface area contributed by atoms with Crippen molar-refractivity contribution in [1.29, 1.82) is 5.26 Å². The first-order valence-corrected chi connectivity index (χ1v) is 11.7. The predicted octanol–water partition coefficient (Wildman–Crippen LogP) is 2.34. The molecule has 0 amide bonds. The highest BCUT2D eigenvalue weighted by molar-refractivity contribution is 6.30. The quantitative estimate of drug-likeness (QED) is 0.277. The zero-order valence-electron chi connectivity index (χ0n) is 20.2. The summed E-state index contributed by atoms with van der Waals surface area (Å²) in [7, 11) is 1.41. The number of aliphatic hydroxyl groups is 2. The van der Waals surface area contributed by atoms with Gasteiger partial charge < -0.3 is 20.1 Å². The van der Waals surface area contributed by atoms with Crippen LogP contribution in [0, 0.1) is 22.6 Å². The number of halogens is 2. The van der Waals surface area contributed by atoms with Crippen LogP contribution < -0.4 is 20.9 Å². The Morgan fingerprint density at radius 1 is 1.32 bits per heavy atom. The molecule has 1 aliphatic rings. The van der Waals surface area contributed by atoms with E-state index in [9.17, 15) is 29.8 Å². The molecule has 0 saturated carbocycles. The minimum atomic E-state index is -1.49. The van der Waals surface area contributed by atoms with Crippen LogP contribution in [-0.2, 0) is 6.42 Å². The van der Waals surface area contributed by atoms with E-state index >= 15 is 0 Å². The van der Waals surface area contributed by atoms with E-state index in [1.165, 1.54) is 37.6 Å². The third kappa shape index (κ3) is 5.02. The Hall–Kier alpha value is -3.53. The maximum atomic E-state index is 13.7. The molecule has 1 aliphatic heterocycles. The van der Waals surface area contributed by atoms with Gasteiger partial charge in [0.2, 0.25) is 0 Å². The lowest BCUT2D eigenvalue weighted by atomic mass is 9.96. The van der Waals surface area contributed by atoms with E-state index in [4.69, 9.17) is 16.3 Å². The van der Waals surface area contributed by atoms with Gasteiger partial charge in [0.25, 0.3) is 5.56 Å². The van der Waals surface area contributed by atoms with Crippen molar-refractivity contribution in [3.8, 4) is 17.6 Å². The summed E-state index contributed by atoms with van der Waals surface area (Å²) in [5, 5.41) is 46.5. The SMILES string of the molecule is CNC(O)c1c(O)c2ncc(Cc3ccc(F)c(Cl)c3)c3c2n(c1=O)C=C(C(O)NCC(C)(C)C#N)O3. The molecule has 4 rings (SSSR count). The fraction of sp³-hybridized carbons (Fsp3) is 0.320. The molecular formula is C25H25ClFN5O5. The van der Waals surface area contributed by atoms with Crippen molar-refractivity contribution in [3.63, 3.8) is 0 Å². The van der Waals surface area contributed by atoms with Crippen molar-refractivity contribution in [1.82, 2.24) is 20.2 Å². The molecule has 2 aromatic heterocycles. The highest BCUT2D eigenvalue weighted by Gasteiger charge is 2.31. The van der Waals surface area contributed by atoms with Gasteiger partial charge in [0.15, 0.2) is 23.5 Å². The Morgan fingerprint density at radius 3 is 2.70 bits per heavy atom. The molecule has 2 unspecified atom stereocenters.